The number of hydrogen-bond donors (Lipinski definition) is 4. The molecule has 16 heteroatoms. The van der Waals surface area contributed by atoms with Gasteiger partial charge in [0.05, 0.1) is 29.3 Å². The molecular weight excluding hydrogens is 676 g/mol. The standard InChI is InChI=1S/C30H30ClFN6O2S.C2HF3O2/c1-17(2)33-12-21(39)14-38-25-8-7-22-27-29(34-16-35-30(27)41-28(22)23(25)13-36-38)37-20-6-9-26(24(31)11-20)40-15-18-4-3-5-19(32)10-18;3-2(4,5)1(6)7/h3-6,9-11,13,16-17,21,33,39H,7-8,12,14-15H2,1-2H3,(H,34,35,37);(H,6,7)/t21-;/m1./s1. The number of aromatic nitrogens is 4. The molecule has 1 atom stereocenters. The number of alkyl halides is 3. The summed E-state index contributed by atoms with van der Waals surface area (Å²) < 4.78 is 53.0. The normalized spacial score (nSPS) is 13.0. The lowest BCUT2D eigenvalue weighted by molar-refractivity contribution is -0.192. The molecule has 3 aromatic heterocycles. The van der Waals surface area contributed by atoms with Gasteiger partial charge in [0.15, 0.2) is 0 Å². The summed E-state index contributed by atoms with van der Waals surface area (Å²) in [6.07, 6.45) is -0.502. The van der Waals surface area contributed by atoms with E-state index < -0.39 is 18.2 Å². The highest BCUT2D eigenvalue weighted by molar-refractivity contribution is 7.22. The van der Waals surface area contributed by atoms with Crippen LogP contribution in [-0.4, -0.2) is 60.8 Å². The molecule has 10 nitrogen and oxygen atoms in total. The summed E-state index contributed by atoms with van der Waals surface area (Å²) in [6.45, 7) is 5.31. The number of benzene rings is 2. The molecule has 3 heterocycles. The molecule has 1 aliphatic carbocycles. The van der Waals surface area contributed by atoms with Crippen LogP contribution in [0.2, 0.25) is 5.02 Å². The van der Waals surface area contributed by atoms with Crippen LogP contribution >= 0.6 is 22.9 Å². The Labute approximate surface area is 281 Å². The highest BCUT2D eigenvalue weighted by atomic mass is 35.5. The van der Waals surface area contributed by atoms with Gasteiger partial charge in [-0.25, -0.2) is 19.2 Å². The van der Waals surface area contributed by atoms with E-state index in [1.165, 1.54) is 17.7 Å². The number of aliphatic hydroxyl groups excluding tert-OH is 1. The van der Waals surface area contributed by atoms with Crippen molar-refractivity contribution >= 4 is 50.6 Å². The van der Waals surface area contributed by atoms with Crippen molar-refractivity contribution in [3.8, 4) is 16.2 Å². The largest absolute Gasteiger partial charge is 0.490 e. The number of hydrogen-bond acceptors (Lipinski definition) is 9. The summed E-state index contributed by atoms with van der Waals surface area (Å²) in [7, 11) is 0. The van der Waals surface area contributed by atoms with Crippen molar-refractivity contribution in [2.24, 2.45) is 0 Å². The minimum Gasteiger partial charge on any atom is -0.487 e. The van der Waals surface area contributed by atoms with E-state index in [9.17, 15) is 22.7 Å². The minimum absolute atomic E-state index is 0.212. The zero-order valence-corrected chi connectivity index (χ0v) is 27.3. The first-order valence-electron chi connectivity index (χ1n) is 14.8. The predicted molar refractivity (Wildman–Crippen MR) is 174 cm³/mol. The molecule has 0 unspecified atom stereocenters. The third kappa shape index (κ3) is 8.39. The lowest BCUT2D eigenvalue weighted by Gasteiger charge is -2.18. The molecule has 5 aromatic rings. The van der Waals surface area contributed by atoms with Gasteiger partial charge in [-0.05, 0) is 54.3 Å². The Hall–Kier alpha value is -4.31. The van der Waals surface area contributed by atoms with Gasteiger partial charge < -0.3 is 25.6 Å². The average molecular weight is 707 g/mol. The van der Waals surface area contributed by atoms with Crippen LogP contribution < -0.4 is 15.4 Å². The van der Waals surface area contributed by atoms with Crippen molar-refractivity contribution in [1.29, 1.82) is 0 Å². The fraction of sp³-hybridized carbons (Fsp3) is 0.312. The van der Waals surface area contributed by atoms with Crippen molar-refractivity contribution in [2.75, 3.05) is 11.9 Å². The Bertz CT molecular complexity index is 1920. The van der Waals surface area contributed by atoms with Gasteiger partial charge in [0, 0.05) is 34.4 Å². The number of aliphatic carboxylic acids is 1. The van der Waals surface area contributed by atoms with E-state index >= 15 is 0 Å². The zero-order valence-electron chi connectivity index (χ0n) is 25.7. The molecule has 4 N–H and O–H groups in total. The molecule has 0 fully saturated rings. The molecule has 0 saturated heterocycles. The number of carbonyl (C=O) groups is 1. The number of halogens is 5. The van der Waals surface area contributed by atoms with Gasteiger partial charge in [-0.15, -0.1) is 11.3 Å². The summed E-state index contributed by atoms with van der Waals surface area (Å²) in [6, 6.07) is 12.1. The summed E-state index contributed by atoms with van der Waals surface area (Å²) >= 11 is 8.17. The lowest BCUT2D eigenvalue weighted by Crippen LogP contribution is -2.34. The van der Waals surface area contributed by atoms with Gasteiger partial charge in [0.25, 0.3) is 0 Å². The second-order valence-electron chi connectivity index (χ2n) is 11.2. The fourth-order valence-electron chi connectivity index (χ4n) is 5.06. The first-order chi connectivity index (χ1) is 22.8. The van der Waals surface area contributed by atoms with E-state index in [0.29, 0.717) is 35.7 Å². The Morgan fingerprint density at radius 2 is 1.94 bits per heavy atom. The summed E-state index contributed by atoms with van der Waals surface area (Å²) in [4.78, 5) is 20.1. The van der Waals surface area contributed by atoms with Crippen LogP contribution in [0.4, 0.5) is 29.1 Å². The van der Waals surface area contributed by atoms with Gasteiger partial charge in [0.1, 0.15) is 35.1 Å². The first kappa shape index (κ1) is 35.0. The van der Waals surface area contributed by atoms with Crippen LogP contribution in [0.25, 0.3) is 20.7 Å². The Morgan fingerprint density at radius 3 is 2.62 bits per heavy atom. The van der Waals surface area contributed by atoms with Crippen LogP contribution in [0.3, 0.4) is 0 Å². The number of anilines is 2. The first-order valence-corrected chi connectivity index (χ1v) is 16.0. The maximum absolute atomic E-state index is 13.5. The van der Waals surface area contributed by atoms with Gasteiger partial charge in [-0.1, -0.05) is 37.6 Å². The Balaban J connectivity index is 0.000000582. The number of fused-ring (bicyclic) bond motifs is 5. The predicted octanol–water partition coefficient (Wildman–Crippen LogP) is 6.76. The van der Waals surface area contributed by atoms with Gasteiger partial charge in [0.2, 0.25) is 0 Å². The third-order valence-corrected chi connectivity index (χ3v) is 8.73. The number of aryl methyl sites for hydroxylation is 1. The number of rotatable bonds is 10. The summed E-state index contributed by atoms with van der Waals surface area (Å²) in [5.74, 6) is -1.84. The second kappa shape index (κ2) is 14.8. The topological polar surface area (TPSA) is 134 Å². The number of ether oxygens (including phenoxy) is 1. The van der Waals surface area contributed by atoms with Crippen LogP contribution in [-0.2, 0) is 30.8 Å². The minimum atomic E-state index is -5.08. The molecule has 0 aliphatic heterocycles. The molecule has 1 aliphatic rings. The van der Waals surface area contributed by atoms with E-state index in [2.05, 4.69) is 39.5 Å². The van der Waals surface area contributed by atoms with Crippen molar-refractivity contribution in [3.63, 3.8) is 0 Å². The molecule has 6 rings (SSSR count). The molecule has 0 bridgehead atoms. The Morgan fingerprint density at radius 1 is 1.17 bits per heavy atom. The van der Waals surface area contributed by atoms with Crippen LogP contribution in [0.1, 0.15) is 30.7 Å². The van der Waals surface area contributed by atoms with E-state index in [1.54, 1.807) is 41.9 Å². The SMILES string of the molecule is CC(C)NC[C@@H](O)Cn1ncc2c1CCc1c-2sc2ncnc(Nc3ccc(OCc4cccc(F)c4)c(Cl)c3)c12.O=C(O)C(F)(F)F. The van der Waals surface area contributed by atoms with E-state index in [-0.39, 0.29) is 12.4 Å². The third-order valence-electron chi connectivity index (χ3n) is 7.26. The molecule has 0 spiro atoms. The van der Waals surface area contributed by atoms with E-state index in [4.69, 9.17) is 26.2 Å². The smallest absolute Gasteiger partial charge is 0.487 e. The molecule has 0 amide bonds. The quantitative estimate of drug-likeness (QED) is 0.116. The van der Waals surface area contributed by atoms with Crippen LogP contribution in [0.15, 0.2) is 55.0 Å². The monoisotopic (exact) mass is 706 g/mol. The maximum Gasteiger partial charge on any atom is 0.490 e. The maximum atomic E-state index is 13.5. The number of carboxylic acid groups (broad SMARTS) is 1. The van der Waals surface area contributed by atoms with E-state index in [1.807, 2.05) is 16.9 Å². The number of carboxylic acids is 1. The fourth-order valence-corrected chi connectivity index (χ4v) is 6.52. The van der Waals surface area contributed by atoms with Gasteiger partial charge in [-0.3, -0.25) is 4.68 Å². The molecule has 254 valence electrons. The number of aliphatic hydroxyl groups is 1. The summed E-state index contributed by atoms with van der Waals surface area (Å²) in [5.41, 5.74) is 4.91. The summed E-state index contributed by atoms with van der Waals surface area (Å²) in [5, 5.41) is 30.4. The molecule has 0 saturated carbocycles. The van der Waals surface area contributed by atoms with Crippen molar-refractivity contribution in [3.05, 3.63) is 82.6 Å². The number of nitrogens with zero attached hydrogens (tertiary/aromatic N) is 4. The van der Waals surface area contributed by atoms with Crippen molar-refractivity contribution in [1.82, 2.24) is 25.1 Å². The van der Waals surface area contributed by atoms with Gasteiger partial charge in [-0.2, -0.15) is 18.3 Å². The average Bonchev–Trinajstić information content (AvgIpc) is 3.61. The zero-order chi connectivity index (χ0) is 34.6. The second-order valence-corrected chi connectivity index (χ2v) is 12.6. The van der Waals surface area contributed by atoms with Crippen LogP contribution in [0.5, 0.6) is 5.75 Å². The number of thiophene rings is 1. The highest BCUT2D eigenvalue weighted by Gasteiger charge is 2.38. The van der Waals surface area contributed by atoms with Crippen molar-refractivity contribution < 1.29 is 37.3 Å². The Kier molecular flexibility index (Phi) is 10.8. The molecule has 48 heavy (non-hydrogen) atoms. The highest BCUT2D eigenvalue weighted by Crippen LogP contribution is 2.45. The van der Waals surface area contributed by atoms with E-state index in [0.717, 1.165) is 50.4 Å². The number of nitrogens with one attached hydrogen (secondary N) is 2. The van der Waals surface area contributed by atoms with Crippen LogP contribution in [0, 0.1) is 5.82 Å². The lowest BCUT2D eigenvalue weighted by atomic mass is 9.95. The van der Waals surface area contributed by atoms with Crippen molar-refractivity contribution in [2.45, 2.75) is 58.2 Å². The molecular formula is C32H31ClF4N6O4S. The molecule has 0 radical (unpaired) electrons. The molecule has 2 aromatic carbocycles. The van der Waals surface area contributed by atoms with Gasteiger partial charge >= 0.3 is 12.1 Å².